The Morgan fingerprint density at radius 2 is 2.05 bits per heavy atom. The van der Waals surface area contributed by atoms with Crippen molar-refractivity contribution < 1.29 is 23.0 Å². The fraction of sp³-hybridized carbons (Fsp3) is 0.533. The van der Waals surface area contributed by atoms with Crippen LogP contribution in [-0.4, -0.2) is 24.8 Å². The van der Waals surface area contributed by atoms with Gasteiger partial charge in [-0.25, -0.2) is 13.6 Å². The second-order valence-electron chi connectivity index (χ2n) is 6.09. The van der Waals surface area contributed by atoms with Crippen LogP contribution in [0.15, 0.2) is 18.2 Å². The van der Waals surface area contributed by atoms with Gasteiger partial charge in [0.05, 0.1) is 6.61 Å². The monoisotopic (exact) mass is 299 g/mol. The molecule has 1 atom stereocenters. The molecule has 0 saturated carbocycles. The first-order valence-electron chi connectivity index (χ1n) is 6.78. The van der Waals surface area contributed by atoms with E-state index in [2.05, 4.69) is 5.32 Å². The van der Waals surface area contributed by atoms with E-state index in [-0.39, 0.29) is 0 Å². The summed E-state index contributed by atoms with van der Waals surface area (Å²) in [5.74, 6) is -1.79. The maximum Gasteiger partial charge on any atom is 0.407 e. The number of epoxide rings is 1. The molecule has 0 aliphatic carbocycles. The fourth-order valence-corrected chi connectivity index (χ4v) is 2.00. The van der Waals surface area contributed by atoms with Crippen LogP contribution in [0.25, 0.3) is 0 Å². The highest BCUT2D eigenvalue weighted by Gasteiger charge is 2.46. The molecule has 0 aromatic heterocycles. The lowest BCUT2D eigenvalue weighted by Crippen LogP contribution is -2.34. The molecular formula is C15H19F2NO3. The van der Waals surface area contributed by atoms with E-state index < -0.39 is 28.9 Å². The van der Waals surface area contributed by atoms with Crippen molar-refractivity contribution in [3.63, 3.8) is 0 Å². The lowest BCUT2D eigenvalue weighted by molar-refractivity contribution is 0.0523. The van der Waals surface area contributed by atoms with Crippen molar-refractivity contribution >= 4 is 6.09 Å². The first-order valence-corrected chi connectivity index (χ1v) is 6.78. The standard InChI is InChI=1S/C15H19F2NO3/c1-14(2,3)21-13(19)18-7-6-15(9-20-15)10-4-5-11(16)12(17)8-10/h4-5,8H,6-7,9H2,1-3H3,(H,18,19). The van der Waals surface area contributed by atoms with E-state index in [1.54, 1.807) is 20.8 Å². The summed E-state index contributed by atoms with van der Waals surface area (Å²) >= 11 is 0. The smallest absolute Gasteiger partial charge is 0.407 e. The van der Waals surface area contributed by atoms with Crippen molar-refractivity contribution in [2.45, 2.75) is 38.4 Å². The summed E-state index contributed by atoms with van der Waals surface area (Å²) in [6.45, 7) is 6.08. The van der Waals surface area contributed by atoms with E-state index in [9.17, 15) is 13.6 Å². The molecule has 0 radical (unpaired) electrons. The van der Waals surface area contributed by atoms with Crippen LogP contribution in [0.2, 0.25) is 0 Å². The highest BCUT2D eigenvalue weighted by atomic mass is 19.2. The Kier molecular flexibility index (Phi) is 4.18. The van der Waals surface area contributed by atoms with Gasteiger partial charge in [0.15, 0.2) is 11.6 Å². The maximum atomic E-state index is 13.3. The topological polar surface area (TPSA) is 50.9 Å². The third-order valence-electron chi connectivity index (χ3n) is 3.14. The fourth-order valence-electron chi connectivity index (χ4n) is 2.00. The van der Waals surface area contributed by atoms with E-state index >= 15 is 0 Å². The van der Waals surface area contributed by atoms with Crippen molar-refractivity contribution in [3.8, 4) is 0 Å². The van der Waals surface area contributed by atoms with Gasteiger partial charge in [-0.15, -0.1) is 0 Å². The van der Waals surface area contributed by atoms with Crippen molar-refractivity contribution in [1.82, 2.24) is 5.32 Å². The number of carbonyl (C=O) groups is 1. The molecule has 1 amide bonds. The Balaban J connectivity index is 1.88. The quantitative estimate of drug-likeness (QED) is 0.869. The highest BCUT2D eigenvalue weighted by Crippen LogP contribution is 2.42. The summed E-state index contributed by atoms with van der Waals surface area (Å²) in [4.78, 5) is 11.5. The van der Waals surface area contributed by atoms with E-state index in [1.807, 2.05) is 0 Å². The zero-order valence-corrected chi connectivity index (χ0v) is 12.3. The lowest BCUT2D eigenvalue weighted by atomic mass is 9.96. The largest absolute Gasteiger partial charge is 0.444 e. The minimum atomic E-state index is -0.900. The van der Waals surface area contributed by atoms with Crippen LogP contribution in [-0.2, 0) is 15.1 Å². The molecule has 0 bridgehead atoms. The number of benzene rings is 1. The third kappa shape index (κ3) is 4.14. The number of rotatable bonds is 4. The predicted molar refractivity (Wildman–Crippen MR) is 72.8 cm³/mol. The Morgan fingerprint density at radius 3 is 2.57 bits per heavy atom. The maximum absolute atomic E-state index is 13.3. The number of hydrogen-bond donors (Lipinski definition) is 1. The molecule has 1 aromatic carbocycles. The molecule has 2 rings (SSSR count). The molecule has 1 aliphatic rings. The second-order valence-corrected chi connectivity index (χ2v) is 6.09. The van der Waals surface area contributed by atoms with Crippen molar-refractivity contribution in [1.29, 1.82) is 0 Å². The van der Waals surface area contributed by atoms with Crippen molar-refractivity contribution in [2.75, 3.05) is 13.2 Å². The van der Waals surface area contributed by atoms with E-state index in [1.165, 1.54) is 6.07 Å². The minimum Gasteiger partial charge on any atom is -0.444 e. The van der Waals surface area contributed by atoms with Crippen LogP contribution in [0.4, 0.5) is 13.6 Å². The summed E-state index contributed by atoms with van der Waals surface area (Å²) < 4.78 is 36.7. The zero-order valence-electron chi connectivity index (χ0n) is 12.3. The first-order chi connectivity index (χ1) is 9.72. The van der Waals surface area contributed by atoms with Gasteiger partial charge in [-0.1, -0.05) is 6.07 Å². The van der Waals surface area contributed by atoms with Gasteiger partial charge < -0.3 is 14.8 Å². The predicted octanol–water partition coefficient (Wildman–Crippen LogP) is 3.11. The molecule has 1 aromatic rings. The highest BCUT2D eigenvalue weighted by molar-refractivity contribution is 5.67. The van der Waals surface area contributed by atoms with Gasteiger partial charge >= 0.3 is 6.09 Å². The molecule has 4 nitrogen and oxygen atoms in total. The molecule has 116 valence electrons. The Bertz CT molecular complexity index is 536. The third-order valence-corrected chi connectivity index (χ3v) is 3.14. The summed E-state index contributed by atoms with van der Waals surface area (Å²) in [5.41, 5.74) is -0.617. The van der Waals surface area contributed by atoms with Gasteiger partial charge in [-0.3, -0.25) is 0 Å². The van der Waals surface area contributed by atoms with Gasteiger partial charge in [0.2, 0.25) is 0 Å². The number of hydrogen-bond acceptors (Lipinski definition) is 3. The van der Waals surface area contributed by atoms with Gasteiger partial charge in [0.25, 0.3) is 0 Å². The summed E-state index contributed by atoms with van der Waals surface area (Å²) in [5, 5.41) is 2.62. The average molecular weight is 299 g/mol. The van der Waals surface area contributed by atoms with E-state index in [0.29, 0.717) is 25.1 Å². The van der Waals surface area contributed by atoms with Gasteiger partial charge in [-0.05, 0) is 38.5 Å². The number of nitrogens with one attached hydrogen (secondary N) is 1. The first kappa shape index (κ1) is 15.7. The van der Waals surface area contributed by atoms with Crippen LogP contribution in [0.1, 0.15) is 32.8 Å². The van der Waals surface area contributed by atoms with E-state index in [4.69, 9.17) is 9.47 Å². The molecule has 21 heavy (non-hydrogen) atoms. The number of carbonyl (C=O) groups excluding carboxylic acids is 1. The van der Waals surface area contributed by atoms with E-state index in [0.717, 1.165) is 12.1 Å². The summed E-state index contributed by atoms with van der Waals surface area (Å²) in [6, 6.07) is 3.71. The van der Waals surface area contributed by atoms with Gasteiger partial charge in [0.1, 0.15) is 11.2 Å². The average Bonchev–Trinajstić information content (AvgIpc) is 3.11. The zero-order chi connectivity index (χ0) is 15.7. The molecular weight excluding hydrogens is 280 g/mol. The second kappa shape index (κ2) is 5.60. The Hall–Kier alpha value is -1.69. The molecule has 1 heterocycles. The summed E-state index contributed by atoms with van der Waals surface area (Å²) in [6.07, 6.45) is -0.0410. The van der Waals surface area contributed by atoms with Crippen molar-refractivity contribution in [3.05, 3.63) is 35.4 Å². The SMILES string of the molecule is CC(C)(C)OC(=O)NCCC1(c2ccc(F)c(F)c2)CO1. The lowest BCUT2D eigenvalue weighted by Gasteiger charge is -2.20. The molecule has 0 spiro atoms. The molecule has 1 aliphatic heterocycles. The molecule has 1 N–H and O–H groups in total. The molecule has 1 fully saturated rings. The van der Waals surface area contributed by atoms with Crippen LogP contribution < -0.4 is 5.32 Å². The van der Waals surface area contributed by atoms with Crippen molar-refractivity contribution in [2.24, 2.45) is 0 Å². The number of alkyl carbamates (subject to hydrolysis) is 1. The normalized spacial score (nSPS) is 21.0. The molecule has 1 unspecified atom stereocenters. The minimum absolute atomic E-state index is 0.327. The Labute approximate surface area is 122 Å². The van der Waals surface area contributed by atoms with Crippen LogP contribution in [0, 0.1) is 11.6 Å². The Morgan fingerprint density at radius 1 is 1.38 bits per heavy atom. The van der Waals surface area contributed by atoms with Crippen LogP contribution in [0.5, 0.6) is 0 Å². The number of halogens is 2. The number of ether oxygens (including phenoxy) is 2. The number of amides is 1. The van der Waals surface area contributed by atoms with Gasteiger partial charge in [0, 0.05) is 13.0 Å². The van der Waals surface area contributed by atoms with Crippen LogP contribution >= 0.6 is 0 Å². The molecule has 1 saturated heterocycles. The molecule has 6 heteroatoms. The van der Waals surface area contributed by atoms with Gasteiger partial charge in [-0.2, -0.15) is 0 Å². The van der Waals surface area contributed by atoms with Crippen LogP contribution in [0.3, 0.4) is 0 Å². The summed E-state index contributed by atoms with van der Waals surface area (Å²) in [7, 11) is 0.